The van der Waals surface area contributed by atoms with Crippen molar-refractivity contribution >= 4 is 11.8 Å². The number of rotatable bonds is 4. The molecule has 0 saturated carbocycles. The normalized spacial score (nSPS) is 23.5. The molecule has 3 rings (SSSR count). The minimum atomic E-state index is -0.522. The van der Waals surface area contributed by atoms with Gasteiger partial charge in [-0.05, 0) is 45.1 Å². The van der Waals surface area contributed by atoms with Crippen molar-refractivity contribution in [2.24, 2.45) is 5.41 Å². The summed E-state index contributed by atoms with van der Waals surface area (Å²) in [5, 5.41) is 3.13. The van der Waals surface area contributed by atoms with E-state index >= 15 is 0 Å². The highest BCUT2D eigenvalue weighted by Gasteiger charge is 2.48. The molecule has 4 nitrogen and oxygen atoms in total. The number of hydrogen-bond donors (Lipinski definition) is 1. The van der Waals surface area contributed by atoms with E-state index in [1.165, 1.54) is 5.56 Å². The molecular weight excluding hydrogens is 300 g/mol. The summed E-state index contributed by atoms with van der Waals surface area (Å²) in [7, 11) is 0. The Balaban J connectivity index is 1.80. The Morgan fingerprint density at radius 1 is 1.33 bits per heavy atom. The van der Waals surface area contributed by atoms with Crippen LogP contribution in [0, 0.1) is 12.3 Å². The van der Waals surface area contributed by atoms with Gasteiger partial charge in [-0.25, -0.2) is 0 Å². The minimum absolute atomic E-state index is 0.0703. The summed E-state index contributed by atoms with van der Waals surface area (Å²) in [5.74, 6) is 0.216. The number of piperidine rings is 1. The third-order valence-electron chi connectivity index (χ3n) is 5.28. The van der Waals surface area contributed by atoms with Crippen LogP contribution in [0.4, 0.5) is 0 Å². The minimum Gasteiger partial charge on any atom is -0.351 e. The van der Waals surface area contributed by atoms with E-state index in [1.54, 1.807) is 0 Å². The fourth-order valence-corrected chi connectivity index (χ4v) is 4.04. The van der Waals surface area contributed by atoms with E-state index in [-0.39, 0.29) is 11.8 Å². The number of carbonyl (C=O) groups excluding carboxylic acids is 2. The predicted octanol–water partition coefficient (Wildman–Crippen LogP) is 3.31. The van der Waals surface area contributed by atoms with Crippen molar-refractivity contribution in [3.05, 3.63) is 47.2 Å². The molecule has 1 heterocycles. The van der Waals surface area contributed by atoms with Crippen LogP contribution in [0.15, 0.2) is 36.0 Å². The fourth-order valence-electron chi connectivity index (χ4n) is 4.04. The second-order valence-electron chi connectivity index (χ2n) is 6.87. The van der Waals surface area contributed by atoms with E-state index in [2.05, 4.69) is 30.4 Å². The number of aryl methyl sites for hydroxylation is 1. The first-order chi connectivity index (χ1) is 11.6. The smallest absolute Gasteiger partial charge is 0.232 e. The van der Waals surface area contributed by atoms with Crippen LogP contribution in [0.1, 0.15) is 50.2 Å². The summed E-state index contributed by atoms with van der Waals surface area (Å²) >= 11 is 0. The Hall–Kier alpha value is -2.10. The van der Waals surface area contributed by atoms with Crippen molar-refractivity contribution in [1.82, 2.24) is 10.2 Å². The Morgan fingerprint density at radius 2 is 2.17 bits per heavy atom. The first-order valence-electron chi connectivity index (χ1n) is 8.91. The summed E-state index contributed by atoms with van der Waals surface area (Å²) in [6, 6.07) is 8.20. The molecule has 2 aliphatic rings. The first kappa shape index (κ1) is 16.7. The summed E-state index contributed by atoms with van der Waals surface area (Å²) in [4.78, 5) is 27.1. The van der Waals surface area contributed by atoms with Crippen LogP contribution in [0.2, 0.25) is 0 Å². The van der Waals surface area contributed by atoms with E-state index < -0.39 is 5.41 Å². The molecule has 0 bridgehead atoms. The van der Waals surface area contributed by atoms with Crippen molar-refractivity contribution in [1.29, 1.82) is 0 Å². The van der Waals surface area contributed by atoms with Gasteiger partial charge in [0.2, 0.25) is 11.8 Å². The SMILES string of the molecule is CCN1C(=O)CCC2(C(=O)NCc3cccc(C)c3)CCCC=C12. The molecule has 1 aromatic carbocycles. The highest BCUT2D eigenvalue weighted by Crippen LogP contribution is 2.46. The van der Waals surface area contributed by atoms with Crippen molar-refractivity contribution in [2.75, 3.05) is 6.54 Å². The lowest BCUT2D eigenvalue weighted by Gasteiger charge is -2.45. The van der Waals surface area contributed by atoms with Crippen LogP contribution in [0.3, 0.4) is 0 Å². The molecule has 1 fully saturated rings. The Bertz CT molecular complexity index is 680. The average molecular weight is 326 g/mol. The Kier molecular flexibility index (Phi) is 4.74. The second-order valence-corrected chi connectivity index (χ2v) is 6.87. The number of allylic oxidation sites excluding steroid dienone is 1. The van der Waals surface area contributed by atoms with Crippen molar-refractivity contribution in [3.63, 3.8) is 0 Å². The van der Waals surface area contributed by atoms with Gasteiger partial charge in [0, 0.05) is 25.2 Å². The number of carbonyl (C=O) groups is 2. The van der Waals surface area contributed by atoms with Crippen LogP contribution in [-0.2, 0) is 16.1 Å². The number of nitrogens with zero attached hydrogens (tertiary/aromatic N) is 1. The molecule has 128 valence electrons. The number of nitrogens with one attached hydrogen (secondary N) is 1. The molecule has 1 N–H and O–H groups in total. The van der Waals surface area contributed by atoms with Gasteiger partial charge in [0.25, 0.3) is 0 Å². The highest BCUT2D eigenvalue weighted by atomic mass is 16.2. The van der Waals surface area contributed by atoms with E-state index in [4.69, 9.17) is 0 Å². The highest BCUT2D eigenvalue weighted by molar-refractivity contribution is 5.91. The number of fused-ring (bicyclic) bond motifs is 1. The Labute approximate surface area is 143 Å². The lowest BCUT2D eigenvalue weighted by atomic mass is 9.69. The number of amides is 2. The summed E-state index contributed by atoms with van der Waals surface area (Å²) in [6.45, 7) is 5.21. The van der Waals surface area contributed by atoms with Crippen molar-refractivity contribution in [2.45, 2.75) is 52.5 Å². The topological polar surface area (TPSA) is 49.4 Å². The van der Waals surface area contributed by atoms with Crippen LogP contribution < -0.4 is 5.32 Å². The van der Waals surface area contributed by atoms with Gasteiger partial charge in [0.1, 0.15) is 0 Å². The van der Waals surface area contributed by atoms with Gasteiger partial charge in [-0.15, -0.1) is 0 Å². The first-order valence-corrected chi connectivity index (χ1v) is 8.91. The number of benzene rings is 1. The van der Waals surface area contributed by atoms with E-state index in [0.717, 1.165) is 30.5 Å². The molecule has 0 aromatic heterocycles. The average Bonchev–Trinajstić information content (AvgIpc) is 2.59. The van der Waals surface area contributed by atoms with Crippen LogP contribution in [0.5, 0.6) is 0 Å². The molecule has 1 atom stereocenters. The van der Waals surface area contributed by atoms with E-state index in [0.29, 0.717) is 25.9 Å². The van der Waals surface area contributed by atoms with E-state index in [9.17, 15) is 9.59 Å². The van der Waals surface area contributed by atoms with Gasteiger partial charge in [-0.1, -0.05) is 35.9 Å². The molecule has 1 unspecified atom stereocenters. The molecule has 0 spiro atoms. The van der Waals surface area contributed by atoms with Crippen LogP contribution in [-0.4, -0.2) is 23.3 Å². The van der Waals surface area contributed by atoms with Gasteiger partial charge < -0.3 is 10.2 Å². The van der Waals surface area contributed by atoms with Gasteiger partial charge in [0.05, 0.1) is 5.41 Å². The zero-order valence-electron chi connectivity index (χ0n) is 14.6. The molecule has 4 heteroatoms. The second kappa shape index (κ2) is 6.80. The maximum atomic E-state index is 13.1. The van der Waals surface area contributed by atoms with Crippen molar-refractivity contribution in [3.8, 4) is 0 Å². The van der Waals surface area contributed by atoms with Gasteiger partial charge in [-0.3, -0.25) is 9.59 Å². The monoisotopic (exact) mass is 326 g/mol. The van der Waals surface area contributed by atoms with E-state index in [1.807, 2.05) is 24.0 Å². The van der Waals surface area contributed by atoms with Gasteiger partial charge >= 0.3 is 0 Å². The maximum absolute atomic E-state index is 13.1. The lowest BCUT2D eigenvalue weighted by molar-refractivity contribution is -0.140. The van der Waals surface area contributed by atoms with Crippen LogP contribution in [0.25, 0.3) is 0 Å². The summed E-state index contributed by atoms with van der Waals surface area (Å²) < 4.78 is 0. The van der Waals surface area contributed by atoms with Crippen molar-refractivity contribution < 1.29 is 9.59 Å². The molecule has 1 aromatic rings. The quantitative estimate of drug-likeness (QED) is 0.923. The third-order valence-corrected chi connectivity index (χ3v) is 5.28. The maximum Gasteiger partial charge on any atom is 0.232 e. The molecule has 24 heavy (non-hydrogen) atoms. The Morgan fingerprint density at radius 3 is 2.92 bits per heavy atom. The zero-order valence-corrected chi connectivity index (χ0v) is 14.6. The predicted molar refractivity (Wildman–Crippen MR) is 94.0 cm³/mol. The molecule has 0 radical (unpaired) electrons. The summed E-state index contributed by atoms with van der Waals surface area (Å²) in [5.41, 5.74) is 2.72. The summed E-state index contributed by atoms with van der Waals surface area (Å²) in [6.07, 6.45) is 5.99. The standard InChI is InChI=1S/C20H26N2O2/c1-3-22-17-9-4-5-11-20(17,12-10-18(22)23)19(24)21-14-16-8-6-7-15(2)13-16/h6-9,13H,3-5,10-12,14H2,1-2H3,(H,21,24). The lowest BCUT2D eigenvalue weighted by Crippen LogP contribution is -2.52. The third kappa shape index (κ3) is 2.97. The van der Waals surface area contributed by atoms with Gasteiger partial charge in [-0.2, -0.15) is 0 Å². The largest absolute Gasteiger partial charge is 0.351 e. The molecule has 1 aliphatic carbocycles. The molecule has 1 saturated heterocycles. The van der Waals surface area contributed by atoms with Crippen LogP contribution >= 0.6 is 0 Å². The molecule has 2 amide bonds. The fraction of sp³-hybridized carbons (Fsp3) is 0.500. The zero-order chi connectivity index (χ0) is 17.2. The molecule has 1 aliphatic heterocycles. The molecular formula is C20H26N2O2. The number of likely N-dealkylation sites (tertiary alicyclic amines) is 1. The van der Waals surface area contributed by atoms with Gasteiger partial charge in [0.15, 0.2) is 0 Å². The number of hydrogen-bond acceptors (Lipinski definition) is 2.